The number of rotatable bonds is 7. The fourth-order valence-electron chi connectivity index (χ4n) is 4.16. The van der Waals surface area contributed by atoms with Crippen LogP contribution in [0.2, 0.25) is 0 Å². The first kappa shape index (κ1) is 18.4. The fourth-order valence-corrected chi connectivity index (χ4v) is 4.51. The maximum Gasteiger partial charge on any atom is 0.217 e. The highest BCUT2D eigenvalue weighted by molar-refractivity contribution is 7.71. The minimum absolute atomic E-state index is 0.297. The van der Waals surface area contributed by atoms with Crippen LogP contribution in [0.3, 0.4) is 0 Å². The molecule has 1 saturated carbocycles. The van der Waals surface area contributed by atoms with Gasteiger partial charge in [-0.05, 0) is 62.5 Å². The third-order valence-corrected chi connectivity index (χ3v) is 6.08. The van der Waals surface area contributed by atoms with Crippen LogP contribution in [0.4, 0.5) is 0 Å². The Bertz CT molecular complexity index is 898. The summed E-state index contributed by atoms with van der Waals surface area (Å²) in [6.45, 7) is 0.654. The minimum Gasteiger partial charge on any atom is -0.370 e. The monoisotopic (exact) mass is 385 g/mol. The molecule has 2 aliphatic rings. The van der Waals surface area contributed by atoms with Crippen LogP contribution in [0.5, 0.6) is 0 Å². The van der Waals surface area contributed by atoms with Crippen molar-refractivity contribution in [3.05, 3.63) is 46.0 Å². The number of aryl methyl sites for hydroxylation is 2. The van der Waals surface area contributed by atoms with Crippen LogP contribution in [0, 0.1) is 4.77 Å². The first-order valence-corrected chi connectivity index (χ1v) is 10.2. The number of primary amides is 1. The molecule has 1 atom stereocenters. The van der Waals surface area contributed by atoms with Crippen LogP contribution in [-0.2, 0) is 24.3 Å². The highest BCUT2D eigenvalue weighted by Crippen LogP contribution is 2.37. The standard InChI is InChI=1S/C20H27N5OS/c1-23(17-8-4-6-14-5-2-3-7-16(14)17)13-24-20(27)25(15-9-10-15)19(22-24)12-11-18(21)26/h2-3,5,7,15,17H,4,6,8-13H2,1H3,(H2,21,26)/t17-/m0/s1. The van der Waals surface area contributed by atoms with Crippen molar-refractivity contribution >= 4 is 18.1 Å². The maximum atomic E-state index is 11.2. The number of nitrogens with two attached hydrogens (primary N) is 1. The molecule has 144 valence electrons. The van der Waals surface area contributed by atoms with Gasteiger partial charge in [0, 0.05) is 24.9 Å². The number of fused-ring (bicyclic) bond motifs is 1. The van der Waals surface area contributed by atoms with E-state index in [2.05, 4.69) is 40.8 Å². The molecule has 0 unspecified atom stereocenters. The molecule has 4 rings (SSSR count). The Balaban J connectivity index is 1.57. The molecule has 2 N–H and O–H groups in total. The van der Waals surface area contributed by atoms with E-state index in [9.17, 15) is 4.79 Å². The molecule has 7 heteroatoms. The van der Waals surface area contributed by atoms with Crippen LogP contribution in [-0.4, -0.2) is 32.2 Å². The second-order valence-electron chi connectivity index (χ2n) is 7.77. The highest BCUT2D eigenvalue weighted by Gasteiger charge is 2.29. The van der Waals surface area contributed by atoms with Gasteiger partial charge in [0.1, 0.15) is 5.82 Å². The normalized spacial score (nSPS) is 19.3. The van der Waals surface area contributed by atoms with E-state index in [4.69, 9.17) is 23.1 Å². The number of hydrogen-bond donors (Lipinski definition) is 1. The van der Waals surface area contributed by atoms with Crippen molar-refractivity contribution in [2.75, 3.05) is 7.05 Å². The van der Waals surface area contributed by atoms with Crippen LogP contribution >= 0.6 is 12.2 Å². The highest BCUT2D eigenvalue weighted by atomic mass is 32.1. The molecule has 2 aromatic rings. The van der Waals surface area contributed by atoms with Gasteiger partial charge in [0.25, 0.3) is 0 Å². The topological polar surface area (TPSA) is 69.1 Å². The smallest absolute Gasteiger partial charge is 0.217 e. The first-order valence-electron chi connectivity index (χ1n) is 9.79. The van der Waals surface area contributed by atoms with Crippen LogP contribution in [0.1, 0.15) is 61.1 Å². The second kappa shape index (κ2) is 7.56. The van der Waals surface area contributed by atoms with E-state index in [1.165, 1.54) is 17.5 Å². The Hall–Kier alpha value is -1.99. The Kier molecular flexibility index (Phi) is 5.14. The lowest BCUT2D eigenvalue weighted by atomic mass is 9.87. The molecule has 0 bridgehead atoms. The van der Waals surface area contributed by atoms with Crippen molar-refractivity contribution in [1.82, 2.24) is 19.2 Å². The molecule has 0 spiro atoms. The lowest BCUT2D eigenvalue weighted by Crippen LogP contribution is -2.30. The number of carbonyl (C=O) groups is 1. The number of carbonyl (C=O) groups excluding carboxylic acids is 1. The Labute approximate surface area is 165 Å². The minimum atomic E-state index is -0.297. The molecular weight excluding hydrogens is 358 g/mol. The van der Waals surface area contributed by atoms with Crippen molar-refractivity contribution in [2.24, 2.45) is 5.73 Å². The lowest BCUT2D eigenvalue weighted by molar-refractivity contribution is -0.118. The number of aromatic nitrogens is 3. The van der Waals surface area contributed by atoms with Crippen LogP contribution < -0.4 is 5.73 Å². The Morgan fingerprint density at radius 3 is 2.85 bits per heavy atom. The summed E-state index contributed by atoms with van der Waals surface area (Å²) < 4.78 is 4.81. The summed E-state index contributed by atoms with van der Waals surface area (Å²) in [6.07, 6.45) is 6.65. The van der Waals surface area contributed by atoms with E-state index in [0.29, 0.717) is 31.6 Å². The molecule has 1 aromatic heterocycles. The van der Waals surface area contributed by atoms with Gasteiger partial charge in [0.05, 0.1) is 6.67 Å². The quantitative estimate of drug-likeness (QED) is 0.744. The largest absolute Gasteiger partial charge is 0.370 e. The van der Waals surface area contributed by atoms with E-state index in [1.54, 1.807) is 0 Å². The molecule has 0 saturated heterocycles. The predicted molar refractivity (Wildman–Crippen MR) is 107 cm³/mol. The Morgan fingerprint density at radius 1 is 1.33 bits per heavy atom. The third-order valence-electron chi connectivity index (χ3n) is 5.67. The average molecular weight is 386 g/mol. The number of nitrogens with zero attached hydrogens (tertiary/aromatic N) is 4. The van der Waals surface area contributed by atoms with Crippen LogP contribution in [0.15, 0.2) is 24.3 Å². The molecule has 1 aromatic carbocycles. The van der Waals surface area contributed by atoms with Crippen molar-refractivity contribution < 1.29 is 4.79 Å². The summed E-state index contributed by atoms with van der Waals surface area (Å²) in [7, 11) is 2.15. The van der Waals surface area contributed by atoms with E-state index < -0.39 is 0 Å². The zero-order chi connectivity index (χ0) is 19.0. The summed E-state index contributed by atoms with van der Waals surface area (Å²) >= 11 is 5.73. The summed E-state index contributed by atoms with van der Waals surface area (Å²) in [6, 6.07) is 9.56. The predicted octanol–water partition coefficient (Wildman–Crippen LogP) is 3.13. The summed E-state index contributed by atoms with van der Waals surface area (Å²) in [5, 5.41) is 4.76. The van der Waals surface area contributed by atoms with Crippen molar-refractivity contribution in [2.45, 2.75) is 63.7 Å². The fraction of sp³-hybridized carbons (Fsp3) is 0.550. The molecule has 1 fully saturated rings. The molecule has 27 heavy (non-hydrogen) atoms. The maximum absolute atomic E-state index is 11.2. The molecule has 1 amide bonds. The molecular formula is C20H27N5OS. The van der Waals surface area contributed by atoms with Crippen molar-refractivity contribution in [3.63, 3.8) is 0 Å². The Morgan fingerprint density at radius 2 is 2.11 bits per heavy atom. The van der Waals surface area contributed by atoms with Crippen molar-refractivity contribution in [3.8, 4) is 0 Å². The van der Waals surface area contributed by atoms with Gasteiger partial charge in [-0.3, -0.25) is 9.69 Å². The van der Waals surface area contributed by atoms with E-state index in [-0.39, 0.29) is 5.91 Å². The second-order valence-corrected chi connectivity index (χ2v) is 8.14. The van der Waals surface area contributed by atoms with E-state index in [0.717, 1.165) is 36.3 Å². The SMILES string of the molecule is CN(Cn1nc(CCC(N)=O)n(C2CC2)c1=S)[C@H]1CCCc2ccccc21. The summed E-state index contributed by atoms with van der Waals surface area (Å²) in [5.74, 6) is 0.590. The van der Waals surface area contributed by atoms with Gasteiger partial charge in [0.15, 0.2) is 4.77 Å². The van der Waals surface area contributed by atoms with Gasteiger partial charge in [-0.2, -0.15) is 5.10 Å². The number of benzene rings is 1. The van der Waals surface area contributed by atoms with Gasteiger partial charge in [-0.25, -0.2) is 4.68 Å². The van der Waals surface area contributed by atoms with Gasteiger partial charge < -0.3 is 10.3 Å². The molecule has 0 aliphatic heterocycles. The third kappa shape index (κ3) is 3.84. The van der Waals surface area contributed by atoms with Gasteiger partial charge >= 0.3 is 0 Å². The summed E-state index contributed by atoms with van der Waals surface area (Å²) in [4.78, 5) is 13.5. The number of amides is 1. The van der Waals surface area contributed by atoms with Crippen LogP contribution in [0.25, 0.3) is 0 Å². The molecule has 0 radical (unpaired) electrons. The zero-order valence-corrected chi connectivity index (χ0v) is 16.6. The number of hydrogen-bond acceptors (Lipinski definition) is 4. The molecule has 2 aliphatic carbocycles. The molecule has 1 heterocycles. The van der Waals surface area contributed by atoms with Gasteiger partial charge in [-0.15, -0.1) is 0 Å². The summed E-state index contributed by atoms with van der Waals surface area (Å²) in [5.41, 5.74) is 8.21. The first-order chi connectivity index (χ1) is 13.0. The van der Waals surface area contributed by atoms with Crippen molar-refractivity contribution in [1.29, 1.82) is 0 Å². The molecule has 6 nitrogen and oxygen atoms in total. The average Bonchev–Trinajstić information content (AvgIpc) is 3.45. The van der Waals surface area contributed by atoms with E-state index >= 15 is 0 Å². The lowest BCUT2D eigenvalue weighted by Gasteiger charge is -2.33. The zero-order valence-electron chi connectivity index (χ0n) is 15.8. The van der Waals surface area contributed by atoms with Gasteiger partial charge in [-0.1, -0.05) is 24.3 Å². The van der Waals surface area contributed by atoms with E-state index in [1.807, 2.05) is 4.68 Å². The van der Waals surface area contributed by atoms with Gasteiger partial charge in [0.2, 0.25) is 5.91 Å².